The number of ether oxygens (including phenoxy) is 1. The number of nitrogens with one attached hydrogen (secondary N) is 1. The van der Waals surface area contributed by atoms with Gasteiger partial charge in [-0.05, 0) is 38.1 Å². The zero-order valence-electron chi connectivity index (χ0n) is 15.2. The number of nitrogens with zero attached hydrogens (tertiary/aromatic N) is 3. The summed E-state index contributed by atoms with van der Waals surface area (Å²) in [5.74, 6) is -1.16. The molecule has 1 amide bonds. The lowest BCUT2D eigenvalue weighted by Crippen LogP contribution is -2.30. The Kier molecular flexibility index (Phi) is 5.77. The molecule has 3 aromatic rings. The van der Waals surface area contributed by atoms with Gasteiger partial charge in [-0.25, -0.2) is 9.78 Å². The van der Waals surface area contributed by atoms with E-state index < -0.39 is 18.0 Å². The molecule has 0 unspecified atom stereocenters. The minimum Gasteiger partial charge on any atom is -0.448 e. The Bertz CT molecular complexity index is 1060. The number of rotatable bonds is 5. The Morgan fingerprint density at radius 2 is 1.96 bits per heavy atom. The number of carbonyl (C=O) groups is 2. The maximum absolute atomic E-state index is 12.5. The number of benzene rings is 1. The normalized spacial score (nSPS) is 11.3. The van der Waals surface area contributed by atoms with Crippen LogP contribution in [0.25, 0.3) is 10.7 Å². The quantitative estimate of drug-likeness (QED) is 0.666. The summed E-state index contributed by atoms with van der Waals surface area (Å²) in [6, 6.07) is 14.0. The first-order chi connectivity index (χ1) is 13.5. The van der Waals surface area contributed by atoms with Crippen LogP contribution < -0.4 is 5.32 Å². The van der Waals surface area contributed by atoms with Crippen molar-refractivity contribution in [1.82, 2.24) is 9.97 Å². The fourth-order valence-electron chi connectivity index (χ4n) is 2.38. The number of esters is 1. The van der Waals surface area contributed by atoms with E-state index in [2.05, 4.69) is 15.3 Å². The highest BCUT2D eigenvalue weighted by molar-refractivity contribution is 7.17. The number of thiazole rings is 1. The molecule has 3 rings (SSSR count). The third-order valence-corrected chi connectivity index (χ3v) is 4.98. The van der Waals surface area contributed by atoms with E-state index in [1.807, 2.05) is 12.1 Å². The molecule has 7 nitrogen and oxygen atoms in total. The SMILES string of the molecule is Cc1nc(-c2ccccn2)sc1C(=O)O[C@@H](C)C(=O)Nc1ccccc1C#N. The molecular formula is C20H16N4O3S. The summed E-state index contributed by atoms with van der Waals surface area (Å²) in [7, 11) is 0. The number of aromatic nitrogens is 2. The molecule has 0 aliphatic rings. The fraction of sp³-hybridized carbons (Fsp3) is 0.150. The highest BCUT2D eigenvalue weighted by Gasteiger charge is 2.23. The average molecular weight is 392 g/mol. The van der Waals surface area contributed by atoms with E-state index in [1.165, 1.54) is 6.92 Å². The molecule has 1 aromatic carbocycles. The average Bonchev–Trinajstić information content (AvgIpc) is 3.10. The van der Waals surface area contributed by atoms with Crippen LogP contribution in [0.15, 0.2) is 48.7 Å². The van der Waals surface area contributed by atoms with Gasteiger partial charge < -0.3 is 10.1 Å². The van der Waals surface area contributed by atoms with Gasteiger partial charge in [-0.3, -0.25) is 9.78 Å². The minimum atomic E-state index is -1.04. The van der Waals surface area contributed by atoms with E-state index in [9.17, 15) is 9.59 Å². The lowest BCUT2D eigenvalue weighted by molar-refractivity contribution is -0.123. The van der Waals surface area contributed by atoms with E-state index >= 15 is 0 Å². The zero-order chi connectivity index (χ0) is 20.1. The number of para-hydroxylation sites is 1. The highest BCUT2D eigenvalue weighted by atomic mass is 32.1. The van der Waals surface area contributed by atoms with Gasteiger partial charge in [-0.2, -0.15) is 5.26 Å². The molecule has 28 heavy (non-hydrogen) atoms. The molecule has 0 bridgehead atoms. The van der Waals surface area contributed by atoms with E-state index in [0.29, 0.717) is 32.5 Å². The number of carbonyl (C=O) groups excluding carboxylic acids is 2. The Morgan fingerprint density at radius 1 is 1.21 bits per heavy atom. The molecule has 1 atom stereocenters. The molecule has 2 aromatic heterocycles. The number of nitriles is 1. The molecule has 0 aliphatic carbocycles. The second-order valence-corrected chi connectivity index (χ2v) is 6.84. The van der Waals surface area contributed by atoms with Gasteiger partial charge in [0.15, 0.2) is 6.10 Å². The number of aryl methyl sites for hydroxylation is 1. The van der Waals surface area contributed by atoms with Gasteiger partial charge in [0.05, 0.1) is 22.6 Å². The Hall–Kier alpha value is -3.57. The summed E-state index contributed by atoms with van der Waals surface area (Å²) in [4.78, 5) is 33.7. The molecule has 0 radical (unpaired) electrons. The van der Waals surface area contributed by atoms with Crippen LogP contribution in [0.5, 0.6) is 0 Å². The van der Waals surface area contributed by atoms with Gasteiger partial charge >= 0.3 is 5.97 Å². The maximum atomic E-state index is 12.5. The molecule has 140 valence electrons. The Morgan fingerprint density at radius 3 is 2.68 bits per heavy atom. The summed E-state index contributed by atoms with van der Waals surface area (Å²) in [5.41, 5.74) is 1.86. The lowest BCUT2D eigenvalue weighted by Gasteiger charge is -2.13. The first-order valence-electron chi connectivity index (χ1n) is 8.39. The summed E-state index contributed by atoms with van der Waals surface area (Å²) >= 11 is 1.16. The van der Waals surface area contributed by atoms with Crippen molar-refractivity contribution in [2.45, 2.75) is 20.0 Å². The molecule has 1 N–H and O–H groups in total. The third kappa shape index (κ3) is 4.22. The van der Waals surface area contributed by atoms with Crippen LogP contribution in [0.3, 0.4) is 0 Å². The number of anilines is 1. The minimum absolute atomic E-state index is 0.317. The number of hydrogen-bond acceptors (Lipinski definition) is 7. The number of amides is 1. The highest BCUT2D eigenvalue weighted by Crippen LogP contribution is 2.27. The second kappa shape index (κ2) is 8.41. The fourth-order valence-corrected chi connectivity index (χ4v) is 3.30. The zero-order valence-corrected chi connectivity index (χ0v) is 16.0. The van der Waals surface area contributed by atoms with Crippen LogP contribution in [0.2, 0.25) is 0 Å². The molecular weight excluding hydrogens is 376 g/mol. The van der Waals surface area contributed by atoms with Crippen molar-refractivity contribution in [3.8, 4) is 16.8 Å². The first-order valence-corrected chi connectivity index (χ1v) is 9.21. The van der Waals surface area contributed by atoms with Crippen molar-refractivity contribution in [2.24, 2.45) is 0 Å². The Labute approximate surface area is 165 Å². The molecule has 8 heteroatoms. The molecule has 0 saturated carbocycles. The van der Waals surface area contributed by atoms with Crippen molar-refractivity contribution in [3.05, 3.63) is 64.8 Å². The molecule has 2 heterocycles. The van der Waals surface area contributed by atoms with Gasteiger partial charge in [0.25, 0.3) is 5.91 Å². The monoisotopic (exact) mass is 392 g/mol. The van der Waals surface area contributed by atoms with Gasteiger partial charge in [0, 0.05) is 6.20 Å². The van der Waals surface area contributed by atoms with Crippen LogP contribution in [0.1, 0.15) is 27.9 Å². The van der Waals surface area contributed by atoms with E-state index in [4.69, 9.17) is 10.00 Å². The number of pyridine rings is 1. The van der Waals surface area contributed by atoms with Crippen LogP contribution in [-0.4, -0.2) is 27.9 Å². The predicted molar refractivity (Wildman–Crippen MR) is 105 cm³/mol. The van der Waals surface area contributed by atoms with E-state index in [1.54, 1.807) is 49.5 Å². The van der Waals surface area contributed by atoms with Crippen molar-refractivity contribution < 1.29 is 14.3 Å². The van der Waals surface area contributed by atoms with Gasteiger partial charge in [-0.1, -0.05) is 18.2 Å². The summed E-state index contributed by atoms with van der Waals surface area (Å²) in [6.45, 7) is 3.17. The van der Waals surface area contributed by atoms with Crippen molar-refractivity contribution in [1.29, 1.82) is 5.26 Å². The summed E-state index contributed by atoms with van der Waals surface area (Å²) < 4.78 is 5.29. The van der Waals surface area contributed by atoms with Gasteiger partial charge in [0.2, 0.25) is 0 Å². The van der Waals surface area contributed by atoms with Crippen LogP contribution in [0, 0.1) is 18.3 Å². The van der Waals surface area contributed by atoms with Crippen LogP contribution in [-0.2, 0) is 9.53 Å². The predicted octanol–water partition coefficient (Wildman–Crippen LogP) is 3.57. The third-order valence-electron chi connectivity index (χ3n) is 3.82. The van der Waals surface area contributed by atoms with Gasteiger partial charge in [0.1, 0.15) is 16.0 Å². The molecule has 0 fully saturated rings. The van der Waals surface area contributed by atoms with Crippen molar-refractivity contribution >= 4 is 28.9 Å². The summed E-state index contributed by atoms with van der Waals surface area (Å²) in [5, 5.41) is 12.3. The maximum Gasteiger partial charge on any atom is 0.351 e. The van der Waals surface area contributed by atoms with Crippen molar-refractivity contribution in [3.63, 3.8) is 0 Å². The van der Waals surface area contributed by atoms with E-state index in [0.717, 1.165) is 11.3 Å². The molecule has 0 aliphatic heterocycles. The molecule has 0 spiro atoms. The summed E-state index contributed by atoms with van der Waals surface area (Å²) in [6.07, 6.45) is 0.606. The smallest absolute Gasteiger partial charge is 0.351 e. The Balaban J connectivity index is 1.70. The van der Waals surface area contributed by atoms with Crippen molar-refractivity contribution in [2.75, 3.05) is 5.32 Å². The first kappa shape index (κ1) is 19.2. The van der Waals surface area contributed by atoms with Gasteiger partial charge in [-0.15, -0.1) is 11.3 Å². The topological polar surface area (TPSA) is 105 Å². The molecule has 0 saturated heterocycles. The van der Waals surface area contributed by atoms with Crippen LogP contribution >= 0.6 is 11.3 Å². The second-order valence-electron chi connectivity index (χ2n) is 5.84. The van der Waals surface area contributed by atoms with Crippen LogP contribution in [0.4, 0.5) is 5.69 Å². The van der Waals surface area contributed by atoms with E-state index in [-0.39, 0.29) is 0 Å². The largest absolute Gasteiger partial charge is 0.448 e. The standard InChI is InChI=1S/C20H16N4O3S/c1-12-17(28-19(23-12)16-9-5-6-10-22-16)20(26)27-13(2)18(25)24-15-8-4-3-7-14(15)11-21/h3-10,13H,1-2H3,(H,24,25)/t13-/m0/s1. The lowest BCUT2D eigenvalue weighted by atomic mass is 10.2. The number of hydrogen-bond donors (Lipinski definition) is 1.